The molecule has 3 N–H and O–H groups in total. The van der Waals surface area contributed by atoms with E-state index in [0.717, 1.165) is 12.1 Å². The summed E-state index contributed by atoms with van der Waals surface area (Å²) in [7, 11) is -4.95. The van der Waals surface area contributed by atoms with Crippen molar-refractivity contribution in [1.82, 2.24) is 19.5 Å². The number of anilines is 1. The molecule has 3 atom stereocenters. The number of aliphatic hydroxyl groups is 1. The molecule has 30 heavy (non-hydrogen) atoms. The number of rotatable bonds is 5. The summed E-state index contributed by atoms with van der Waals surface area (Å²) in [5.41, 5.74) is 6.44. The molecule has 4 rings (SSSR count). The van der Waals surface area contributed by atoms with E-state index in [2.05, 4.69) is 15.0 Å². The van der Waals surface area contributed by atoms with Crippen LogP contribution in [0.15, 0.2) is 41.8 Å². The quantitative estimate of drug-likeness (QED) is 0.427. The molecule has 1 fully saturated rings. The molecule has 0 aliphatic carbocycles. The highest BCUT2D eigenvalue weighted by Gasteiger charge is 2.36. The molecular formula is C17H16FN5O6S. The van der Waals surface area contributed by atoms with E-state index in [-0.39, 0.29) is 24.4 Å². The molecule has 1 aliphatic heterocycles. The zero-order valence-corrected chi connectivity index (χ0v) is 16.1. The second-order valence-corrected chi connectivity index (χ2v) is 7.93. The first-order valence-electron chi connectivity index (χ1n) is 8.72. The highest BCUT2D eigenvalue weighted by atomic mass is 32.3. The Morgan fingerprint density at radius 1 is 1.37 bits per heavy atom. The number of carbonyl (C=O) groups is 1. The van der Waals surface area contributed by atoms with E-state index in [0.29, 0.717) is 11.2 Å². The maximum absolute atomic E-state index is 13.1. The van der Waals surface area contributed by atoms with Crippen LogP contribution in [-0.4, -0.2) is 57.8 Å². The minimum Gasteiger partial charge on any atom is -0.459 e. The molecule has 1 saturated heterocycles. The number of halogens is 1. The first-order valence-corrected chi connectivity index (χ1v) is 10.1. The first kappa shape index (κ1) is 20.1. The maximum atomic E-state index is 13.1. The molecule has 1 aliphatic rings. The summed E-state index contributed by atoms with van der Waals surface area (Å²) in [6.07, 6.45) is 0.521. The van der Waals surface area contributed by atoms with Crippen LogP contribution in [0.3, 0.4) is 0 Å². The van der Waals surface area contributed by atoms with Crippen molar-refractivity contribution in [3.05, 3.63) is 42.5 Å². The van der Waals surface area contributed by atoms with Gasteiger partial charge in [0.2, 0.25) is 0 Å². The number of hydrogen-bond donors (Lipinski definition) is 2. The fourth-order valence-corrected chi connectivity index (χ4v) is 3.64. The van der Waals surface area contributed by atoms with E-state index >= 15 is 0 Å². The van der Waals surface area contributed by atoms with Crippen molar-refractivity contribution in [2.45, 2.75) is 29.8 Å². The minimum atomic E-state index is -4.95. The minimum absolute atomic E-state index is 0.148. The molecule has 2 aromatic heterocycles. The van der Waals surface area contributed by atoms with Crippen molar-refractivity contribution in [3.63, 3.8) is 0 Å². The number of carbonyl (C=O) groups excluding carboxylic acids is 1. The molecule has 1 aromatic carbocycles. The predicted molar refractivity (Wildman–Crippen MR) is 99.3 cm³/mol. The predicted octanol–water partition coefficient (Wildman–Crippen LogP) is 0.572. The van der Waals surface area contributed by atoms with Gasteiger partial charge in [0, 0.05) is 6.42 Å². The lowest BCUT2D eigenvalue weighted by molar-refractivity contribution is -0.0509. The number of aromatic nitrogens is 4. The summed E-state index contributed by atoms with van der Waals surface area (Å²) in [6.45, 7) is -0.299. The standard InChI is InChI=1S/C17H16FN5O6S/c18-30(26,27)10-3-1-2-9(4-10)17(25)28-6-12-11(24)5-13(29-12)23-8-22-14-15(19)20-7-21-16(14)23/h1-4,7-8,11-13,24H,5-6H2,(H2,19,20,21)/t11-,12+,13+/m0/s1. The molecule has 0 bridgehead atoms. The van der Waals surface area contributed by atoms with Crippen molar-refractivity contribution < 1.29 is 31.7 Å². The fraction of sp³-hybridized carbons (Fsp3) is 0.294. The normalized spacial score (nSPS) is 21.7. The van der Waals surface area contributed by atoms with Crippen molar-refractivity contribution in [2.24, 2.45) is 0 Å². The summed E-state index contributed by atoms with van der Waals surface area (Å²) in [4.78, 5) is 23.7. The van der Waals surface area contributed by atoms with Gasteiger partial charge in [-0.05, 0) is 18.2 Å². The highest BCUT2D eigenvalue weighted by molar-refractivity contribution is 7.86. The van der Waals surface area contributed by atoms with Crippen LogP contribution in [0, 0.1) is 0 Å². The monoisotopic (exact) mass is 437 g/mol. The van der Waals surface area contributed by atoms with E-state index in [9.17, 15) is 22.2 Å². The van der Waals surface area contributed by atoms with Gasteiger partial charge in [-0.2, -0.15) is 8.42 Å². The summed E-state index contributed by atoms with van der Waals surface area (Å²) >= 11 is 0. The van der Waals surface area contributed by atoms with E-state index in [4.69, 9.17) is 15.2 Å². The largest absolute Gasteiger partial charge is 0.459 e. The third-order valence-electron chi connectivity index (χ3n) is 4.63. The van der Waals surface area contributed by atoms with Crippen LogP contribution in [0.5, 0.6) is 0 Å². The molecule has 11 nitrogen and oxygen atoms in total. The van der Waals surface area contributed by atoms with Crippen LogP contribution in [0.4, 0.5) is 9.70 Å². The number of nitrogens with zero attached hydrogens (tertiary/aromatic N) is 4. The number of hydrogen-bond acceptors (Lipinski definition) is 10. The molecule has 158 valence electrons. The van der Waals surface area contributed by atoms with Gasteiger partial charge in [-0.1, -0.05) is 6.07 Å². The van der Waals surface area contributed by atoms with Gasteiger partial charge in [0.15, 0.2) is 11.5 Å². The number of nitrogen functional groups attached to an aromatic ring is 1. The van der Waals surface area contributed by atoms with Gasteiger partial charge in [0.05, 0.1) is 22.9 Å². The Morgan fingerprint density at radius 2 is 2.17 bits per heavy atom. The Labute approximate surface area is 169 Å². The SMILES string of the molecule is Nc1ncnc2c1ncn2[C@H]1C[C@H](O)[C@@H](COC(=O)c2cccc(S(=O)(=O)F)c2)O1. The summed E-state index contributed by atoms with van der Waals surface area (Å²) in [5, 5.41) is 10.3. The molecule has 13 heteroatoms. The Bertz CT molecular complexity index is 1220. The highest BCUT2D eigenvalue weighted by Crippen LogP contribution is 2.31. The van der Waals surface area contributed by atoms with Gasteiger partial charge in [-0.15, -0.1) is 3.89 Å². The number of imidazole rings is 1. The molecule has 0 saturated carbocycles. The van der Waals surface area contributed by atoms with Crippen LogP contribution in [0.2, 0.25) is 0 Å². The van der Waals surface area contributed by atoms with Crippen molar-refractivity contribution in [1.29, 1.82) is 0 Å². The van der Waals surface area contributed by atoms with E-state index < -0.39 is 39.5 Å². The summed E-state index contributed by atoms with van der Waals surface area (Å²) in [6, 6.07) is 4.39. The van der Waals surface area contributed by atoms with Crippen LogP contribution >= 0.6 is 0 Å². The third kappa shape index (κ3) is 3.81. The van der Waals surface area contributed by atoms with Crippen molar-refractivity contribution >= 4 is 33.2 Å². The number of nitrogens with two attached hydrogens (primary N) is 1. The summed E-state index contributed by atoms with van der Waals surface area (Å²) in [5.74, 6) is -0.673. The van der Waals surface area contributed by atoms with Gasteiger partial charge < -0.3 is 20.3 Å². The molecule has 0 spiro atoms. The molecule has 0 amide bonds. The van der Waals surface area contributed by atoms with E-state index in [1.807, 2.05) is 0 Å². The second kappa shape index (κ2) is 7.59. The number of esters is 1. The average molecular weight is 437 g/mol. The molecule has 3 aromatic rings. The zero-order chi connectivity index (χ0) is 21.5. The Balaban J connectivity index is 1.44. The van der Waals surface area contributed by atoms with Crippen molar-refractivity contribution in [3.8, 4) is 0 Å². The first-order chi connectivity index (χ1) is 14.2. The van der Waals surface area contributed by atoms with Gasteiger partial charge in [-0.3, -0.25) is 4.57 Å². The fourth-order valence-electron chi connectivity index (χ4n) is 3.13. The lowest BCUT2D eigenvalue weighted by atomic mass is 10.2. The zero-order valence-electron chi connectivity index (χ0n) is 15.3. The smallest absolute Gasteiger partial charge is 0.338 e. The van der Waals surface area contributed by atoms with Crippen LogP contribution in [0.1, 0.15) is 23.0 Å². The Hall–Kier alpha value is -3.16. The van der Waals surface area contributed by atoms with Crippen LogP contribution in [-0.2, 0) is 19.7 Å². The molecular weight excluding hydrogens is 421 g/mol. The second-order valence-electron chi connectivity index (χ2n) is 6.58. The topological polar surface area (TPSA) is 160 Å². The van der Waals surface area contributed by atoms with Gasteiger partial charge in [-0.25, -0.2) is 19.7 Å². The number of aliphatic hydroxyl groups excluding tert-OH is 1. The number of fused-ring (bicyclic) bond motifs is 1. The molecule has 0 unspecified atom stereocenters. The number of benzene rings is 1. The van der Waals surface area contributed by atoms with Gasteiger partial charge in [0.1, 0.15) is 30.8 Å². The third-order valence-corrected chi connectivity index (χ3v) is 5.45. The van der Waals surface area contributed by atoms with E-state index in [1.165, 1.54) is 24.8 Å². The van der Waals surface area contributed by atoms with Gasteiger partial charge in [0.25, 0.3) is 0 Å². The average Bonchev–Trinajstić information content (AvgIpc) is 3.30. The van der Waals surface area contributed by atoms with E-state index in [1.54, 1.807) is 4.57 Å². The lowest BCUT2D eigenvalue weighted by Gasteiger charge is -2.16. The van der Waals surface area contributed by atoms with Gasteiger partial charge >= 0.3 is 16.2 Å². The maximum Gasteiger partial charge on any atom is 0.338 e. The lowest BCUT2D eigenvalue weighted by Crippen LogP contribution is -2.28. The Kier molecular flexibility index (Phi) is 5.09. The summed E-state index contributed by atoms with van der Waals surface area (Å²) < 4.78 is 47.5. The van der Waals surface area contributed by atoms with Crippen LogP contribution < -0.4 is 5.73 Å². The number of ether oxygens (including phenoxy) is 2. The van der Waals surface area contributed by atoms with Crippen molar-refractivity contribution in [2.75, 3.05) is 12.3 Å². The molecule has 0 radical (unpaired) electrons. The van der Waals surface area contributed by atoms with Crippen LogP contribution in [0.25, 0.3) is 11.2 Å². The Morgan fingerprint density at radius 3 is 2.93 bits per heavy atom. The molecule has 3 heterocycles.